The van der Waals surface area contributed by atoms with Crippen molar-refractivity contribution in [2.45, 2.75) is 24.9 Å². The fourth-order valence-electron chi connectivity index (χ4n) is 2.20. The largest absolute Gasteiger partial charge is 0.457 e. The maximum Gasteiger partial charge on any atom is 0.371 e. The van der Waals surface area contributed by atoms with E-state index in [2.05, 4.69) is 9.72 Å². The molecule has 1 aliphatic heterocycles. The number of nitrogens with zero attached hydrogens (tertiary/aromatic N) is 1. The molecule has 1 aromatic rings. The van der Waals surface area contributed by atoms with Crippen molar-refractivity contribution in [1.82, 2.24) is 9.55 Å². The molecule has 0 saturated carbocycles. The predicted molar refractivity (Wildman–Crippen MR) is 85.5 cm³/mol. The van der Waals surface area contributed by atoms with E-state index in [9.17, 15) is 28.8 Å². The summed E-state index contributed by atoms with van der Waals surface area (Å²) in [6.07, 6.45) is -1.82. The molecule has 134 valence electrons. The van der Waals surface area contributed by atoms with E-state index in [-0.39, 0.29) is 22.6 Å². The molecule has 0 spiro atoms. The highest BCUT2D eigenvalue weighted by atomic mass is 127. The maximum atomic E-state index is 11.9. The summed E-state index contributed by atoms with van der Waals surface area (Å²) in [6, 6.07) is 0. The molecule has 1 aliphatic rings. The van der Waals surface area contributed by atoms with Gasteiger partial charge in [-0.1, -0.05) is 0 Å². The standard InChI is InChI=1S/C13H11IN2O9/c14-6-2-16(13(22)15-12(6)21)9-1-7(25-11(20)4-18)8(24-9)5-23-10(19)3-17/h2-4,7-9H,1,5H2,(H,15,21,22)/t7-,8+,9+/m0/s1. The Morgan fingerprint density at radius 2 is 2.00 bits per heavy atom. The lowest BCUT2D eigenvalue weighted by molar-refractivity contribution is -0.161. The molecule has 0 aliphatic carbocycles. The molecule has 1 aromatic heterocycles. The number of aromatic amines is 1. The lowest BCUT2D eigenvalue weighted by Crippen LogP contribution is -2.34. The van der Waals surface area contributed by atoms with Crippen molar-refractivity contribution in [3.63, 3.8) is 0 Å². The zero-order valence-corrected chi connectivity index (χ0v) is 14.5. The number of hydrogen-bond donors (Lipinski definition) is 1. The summed E-state index contributed by atoms with van der Waals surface area (Å²) >= 11 is 1.72. The van der Waals surface area contributed by atoms with Gasteiger partial charge in [-0.2, -0.15) is 0 Å². The molecule has 1 N–H and O–H groups in total. The second-order valence-corrected chi connectivity index (χ2v) is 6.01. The molecule has 0 radical (unpaired) electrons. The SMILES string of the molecule is O=CC(=O)OC[C@H]1O[C@@H](n2cc(I)c(=O)[nH]c2=O)C[C@@H]1OC(=O)C=O. The zero-order valence-electron chi connectivity index (χ0n) is 12.4. The normalized spacial score (nSPS) is 22.2. The van der Waals surface area contributed by atoms with Crippen LogP contribution in [0, 0.1) is 3.57 Å². The van der Waals surface area contributed by atoms with Gasteiger partial charge in [0, 0.05) is 12.6 Å². The average Bonchev–Trinajstić information content (AvgIpc) is 2.98. The van der Waals surface area contributed by atoms with Gasteiger partial charge in [-0.15, -0.1) is 0 Å². The van der Waals surface area contributed by atoms with Crippen molar-refractivity contribution in [2.75, 3.05) is 6.61 Å². The summed E-state index contributed by atoms with van der Waals surface area (Å²) in [5.41, 5.74) is -1.32. The van der Waals surface area contributed by atoms with Crippen LogP contribution in [0.15, 0.2) is 15.8 Å². The Hall–Kier alpha value is -2.35. The number of halogens is 1. The van der Waals surface area contributed by atoms with E-state index < -0.39 is 48.2 Å². The molecule has 1 saturated heterocycles. The molecular formula is C13H11IN2O9. The molecule has 0 unspecified atom stereocenters. The van der Waals surface area contributed by atoms with Crippen molar-refractivity contribution in [3.05, 3.63) is 30.6 Å². The minimum absolute atomic E-state index is 0.0368. The highest BCUT2D eigenvalue weighted by Gasteiger charge is 2.40. The summed E-state index contributed by atoms with van der Waals surface area (Å²) in [7, 11) is 0. The number of esters is 2. The van der Waals surface area contributed by atoms with E-state index in [0.29, 0.717) is 0 Å². The summed E-state index contributed by atoms with van der Waals surface area (Å²) in [5.74, 6) is -2.31. The topological polar surface area (TPSA) is 151 Å². The maximum absolute atomic E-state index is 11.9. The van der Waals surface area contributed by atoms with Crippen molar-refractivity contribution < 1.29 is 33.4 Å². The van der Waals surface area contributed by atoms with E-state index in [0.717, 1.165) is 4.57 Å². The Morgan fingerprint density at radius 1 is 1.32 bits per heavy atom. The van der Waals surface area contributed by atoms with Gasteiger partial charge in [0.05, 0.1) is 3.57 Å². The molecule has 2 rings (SSSR count). The molecule has 0 bridgehead atoms. The third-order valence-corrected chi connectivity index (χ3v) is 4.03. The number of carbonyl (C=O) groups excluding carboxylic acids is 4. The fraction of sp³-hybridized carbons (Fsp3) is 0.385. The van der Waals surface area contributed by atoms with E-state index >= 15 is 0 Å². The lowest BCUT2D eigenvalue weighted by atomic mass is 10.2. The highest BCUT2D eigenvalue weighted by Crippen LogP contribution is 2.30. The molecule has 25 heavy (non-hydrogen) atoms. The van der Waals surface area contributed by atoms with E-state index in [1.54, 1.807) is 22.6 Å². The van der Waals surface area contributed by atoms with Gasteiger partial charge in [0.1, 0.15) is 25.0 Å². The van der Waals surface area contributed by atoms with Gasteiger partial charge < -0.3 is 14.2 Å². The molecule has 0 aromatic carbocycles. The fourth-order valence-corrected chi connectivity index (χ4v) is 2.63. The van der Waals surface area contributed by atoms with Gasteiger partial charge in [-0.25, -0.2) is 14.4 Å². The molecule has 11 nitrogen and oxygen atoms in total. The van der Waals surface area contributed by atoms with Crippen molar-refractivity contribution in [1.29, 1.82) is 0 Å². The lowest BCUT2D eigenvalue weighted by Gasteiger charge is -2.17. The summed E-state index contributed by atoms with van der Waals surface area (Å²) in [5, 5.41) is 0. The second kappa shape index (κ2) is 8.15. The van der Waals surface area contributed by atoms with Crippen LogP contribution in [-0.2, 0) is 33.4 Å². The monoisotopic (exact) mass is 466 g/mol. The number of aromatic nitrogens is 2. The Bertz CT molecular complexity index is 814. The number of nitrogens with one attached hydrogen (secondary N) is 1. The van der Waals surface area contributed by atoms with Crippen molar-refractivity contribution in [2.24, 2.45) is 0 Å². The van der Waals surface area contributed by atoms with Crippen LogP contribution >= 0.6 is 22.6 Å². The van der Waals surface area contributed by atoms with Gasteiger partial charge >= 0.3 is 17.6 Å². The Labute approximate surface area is 152 Å². The number of H-pyrrole nitrogens is 1. The van der Waals surface area contributed by atoms with E-state index in [1.165, 1.54) is 6.20 Å². The van der Waals surface area contributed by atoms with Crippen LogP contribution in [0.5, 0.6) is 0 Å². The molecule has 12 heteroatoms. The number of carbonyl (C=O) groups is 4. The first-order chi connectivity index (χ1) is 11.8. The molecular weight excluding hydrogens is 455 g/mol. The first-order valence-corrected chi connectivity index (χ1v) is 7.87. The van der Waals surface area contributed by atoms with Gasteiger partial charge in [0.25, 0.3) is 5.56 Å². The van der Waals surface area contributed by atoms with E-state index in [1.807, 2.05) is 0 Å². The number of hydrogen-bond acceptors (Lipinski definition) is 9. The smallest absolute Gasteiger partial charge is 0.371 e. The molecule has 2 heterocycles. The van der Waals surface area contributed by atoms with Crippen LogP contribution in [0.2, 0.25) is 0 Å². The number of rotatable bonds is 6. The van der Waals surface area contributed by atoms with E-state index in [4.69, 9.17) is 9.47 Å². The van der Waals surface area contributed by atoms with Crippen LogP contribution in [0.4, 0.5) is 0 Å². The van der Waals surface area contributed by atoms with Crippen LogP contribution in [0.25, 0.3) is 0 Å². The minimum Gasteiger partial charge on any atom is -0.457 e. The first kappa shape index (κ1) is 19.0. The molecule has 1 fully saturated rings. The third-order valence-electron chi connectivity index (χ3n) is 3.26. The second-order valence-electron chi connectivity index (χ2n) is 4.85. The van der Waals surface area contributed by atoms with Crippen molar-refractivity contribution >= 4 is 47.1 Å². The van der Waals surface area contributed by atoms with Gasteiger partial charge in [-0.05, 0) is 22.6 Å². The Morgan fingerprint density at radius 3 is 2.64 bits per heavy atom. The summed E-state index contributed by atoms with van der Waals surface area (Å²) in [4.78, 5) is 68.3. The van der Waals surface area contributed by atoms with Crippen molar-refractivity contribution in [3.8, 4) is 0 Å². The highest BCUT2D eigenvalue weighted by molar-refractivity contribution is 14.1. The molecule has 0 amide bonds. The van der Waals surface area contributed by atoms with Crippen LogP contribution in [-0.4, -0.2) is 52.9 Å². The number of ether oxygens (including phenoxy) is 3. The summed E-state index contributed by atoms with van der Waals surface area (Å²) < 4.78 is 16.3. The quantitative estimate of drug-likeness (QED) is 0.224. The van der Waals surface area contributed by atoms with Gasteiger partial charge in [0.2, 0.25) is 12.6 Å². The summed E-state index contributed by atoms with van der Waals surface area (Å²) in [6.45, 7) is -0.430. The molecule has 3 atom stereocenters. The Kier molecular flexibility index (Phi) is 6.19. The van der Waals surface area contributed by atoms with Crippen LogP contribution < -0.4 is 11.2 Å². The van der Waals surface area contributed by atoms with Gasteiger partial charge in [0.15, 0.2) is 0 Å². The number of aldehydes is 2. The zero-order chi connectivity index (χ0) is 18.6. The van der Waals surface area contributed by atoms with Crippen LogP contribution in [0.1, 0.15) is 12.6 Å². The third kappa shape index (κ3) is 4.60. The average molecular weight is 466 g/mol. The van der Waals surface area contributed by atoms with Gasteiger partial charge in [-0.3, -0.25) is 23.9 Å². The minimum atomic E-state index is -1.16. The predicted octanol–water partition coefficient (Wildman–Crippen LogP) is -1.72. The Balaban J connectivity index is 2.23. The van der Waals surface area contributed by atoms with Crippen LogP contribution in [0.3, 0.4) is 0 Å². The first-order valence-electron chi connectivity index (χ1n) is 6.80.